The molecule has 0 atom stereocenters. The molecule has 0 saturated carbocycles. The minimum Gasteiger partial charge on any atom is -0.412 e. The maximum atomic E-state index is 12.0. The topological polar surface area (TPSA) is 72.8 Å². The highest BCUT2D eigenvalue weighted by Gasteiger charge is 2.38. The van der Waals surface area contributed by atoms with Crippen molar-refractivity contribution in [2.45, 2.75) is 19.9 Å². The molecule has 2 rings (SSSR count). The molecule has 1 aliphatic carbocycles. The third kappa shape index (κ3) is 2.07. The second kappa shape index (κ2) is 4.52. The van der Waals surface area contributed by atoms with Gasteiger partial charge in [0.05, 0.1) is 0 Å². The predicted molar refractivity (Wildman–Crippen MR) is 63.8 cm³/mol. The van der Waals surface area contributed by atoms with Crippen LogP contribution in [0.4, 0.5) is 0 Å². The average Bonchev–Trinajstić information content (AvgIpc) is 2.54. The first kappa shape index (κ1) is 12.2. The van der Waals surface area contributed by atoms with Crippen molar-refractivity contribution in [1.82, 2.24) is 0 Å². The van der Waals surface area contributed by atoms with Crippen LogP contribution in [0.3, 0.4) is 0 Å². The Labute approximate surface area is 103 Å². The van der Waals surface area contributed by atoms with E-state index in [1.54, 1.807) is 24.3 Å². The van der Waals surface area contributed by atoms with Crippen LogP contribution in [0, 0.1) is 0 Å². The summed E-state index contributed by atoms with van der Waals surface area (Å²) < 4.78 is 4.71. The van der Waals surface area contributed by atoms with Gasteiger partial charge in [0, 0.05) is 25.0 Å². The molecule has 0 saturated heterocycles. The van der Waals surface area contributed by atoms with Gasteiger partial charge in [0.1, 0.15) is 0 Å². The Morgan fingerprint density at radius 3 is 2.06 bits per heavy atom. The monoisotopic (exact) mass is 245 g/mol. The molecule has 0 amide bonds. The Bertz CT molecular complexity index is 539. The van der Waals surface area contributed by atoms with Gasteiger partial charge in [0.15, 0.2) is 23.5 Å². The van der Waals surface area contributed by atoms with Crippen LogP contribution in [-0.2, 0) is 9.53 Å². The van der Waals surface area contributed by atoms with Gasteiger partial charge in [-0.2, -0.15) is 0 Å². The summed E-state index contributed by atoms with van der Waals surface area (Å²) in [4.78, 5) is 38.5. The number of ketones is 2. The summed E-state index contributed by atoms with van der Waals surface area (Å²) in [5.74, 6) is -1.24. The standard InChI is InChI=1S/C13H11NO4/c1-7(18-8(2)15)14-11-12(16)9-5-3-4-6-10(9)13(11)17/h3-6,11H,1-2H3. The zero-order chi connectivity index (χ0) is 13.3. The Morgan fingerprint density at radius 2 is 1.61 bits per heavy atom. The van der Waals surface area contributed by atoms with Gasteiger partial charge in [-0.25, -0.2) is 4.99 Å². The predicted octanol–water partition coefficient (Wildman–Crippen LogP) is 1.42. The second-order valence-corrected chi connectivity index (χ2v) is 3.92. The zero-order valence-electron chi connectivity index (χ0n) is 9.97. The van der Waals surface area contributed by atoms with Crippen molar-refractivity contribution in [3.05, 3.63) is 35.4 Å². The average molecular weight is 245 g/mol. The molecule has 0 bridgehead atoms. The van der Waals surface area contributed by atoms with Gasteiger partial charge < -0.3 is 4.74 Å². The van der Waals surface area contributed by atoms with Crippen LogP contribution in [0.25, 0.3) is 0 Å². The van der Waals surface area contributed by atoms with Crippen molar-refractivity contribution >= 4 is 23.4 Å². The number of rotatable bonds is 1. The van der Waals surface area contributed by atoms with Crippen molar-refractivity contribution in [3.8, 4) is 0 Å². The van der Waals surface area contributed by atoms with Crippen LogP contribution in [-0.4, -0.2) is 29.5 Å². The SMILES string of the molecule is CC(=O)OC(C)=NC1C(=O)c2ccccc2C1=O. The Balaban J connectivity index is 2.32. The number of fused-ring (bicyclic) bond motifs is 1. The number of aliphatic imine (C=N–C) groups is 1. The fourth-order valence-corrected chi connectivity index (χ4v) is 1.86. The molecule has 5 heteroatoms. The molecule has 0 unspecified atom stereocenters. The molecule has 5 nitrogen and oxygen atoms in total. The Kier molecular flexibility index (Phi) is 3.06. The van der Waals surface area contributed by atoms with E-state index in [9.17, 15) is 14.4 Å². The first-order chi connectivity index (χ1) is 8.50. The molecule has 18 heavy (non-hydrogen) atoms. The number of carbonyl (C=O) groups is 3. The molecule has 1 aliphatic rings. The lowest BCUT2D eigenvalue weighted by molar-refractivity contribution is -0.133. The molecule has 0 heterocycles. The van der Waals surface area contributed by atoms with Crippen molar-refractivity contribution in [3.63, 3.8) is 0 Å². The number of hydrogen-bond donors (Lipinski definition) is 0. The van der Waals surface area contributed by atoms with Gasteiger partial charge in [0.25, 0.3) is 0 Å². The normalized spacial score (nSPS) is 15.8. The van der Waals surface area contributed by atoms with E-state index in [1.807, 2.05) is 0 Å². The number of hydrogen-bond acceptors (Lipinski definition) is 5. The molecular formula is C13H11NO4. The fourth-order valence-electron chi connectivity index (χ4n) is 1.86. The van der Waals surface area contributed by atoms with Gasteiger partial charge in [-0.3, -0.25) is 14.4 Å². The van der Waals surface area contributed by atoms with E-state index in [4.69, 9.17) is 4.74 Å². The number of Topliss-reactive ketones (excluding diaryl/α,β-unsaturated/α-hetero) is 2. The highest BCUT2D eigenvalue weighted by Crippen LogP contribution is 2.24. The molecule has 0 N–H and O–H groups in total. The lowest BCUT2D eigenvalue weighted by Crippen LogP contribution is -2.22. The molecule has 0 aliphatic heterocycles. The summed E-state index contributed by atoms with van der Waals surface area (Å²) in [6.45, 7) is 2.66. The van der Waals surface area contributed by atoms with Crippen LogP contribution in [0.15, 0.2) is 29.3 Å². The van der Waals surface area contributed by atoms with Gasteiger partial charge in [-0.05, 0) is 0 Å². The van der Waals surface area contributed by atoms with E-state index in [1.165, 1.54) is 13.8 Å². The van der Waals surface area contributed by atoms with Crippen LogP contribution in [0.1, 0.15) is 34.6 Å². The maximum Gasteiger partial charge on any atom is 0.309 e. The van der Waals surface area contributed by atoms with Crippen molar-refractivity contribution in [2.75, 3.05) is 0 Å². The fraction of sp³-hybridized carbons (Fsp3) is 0.231. The summed E-state index contributed by atoms with van der Waals surface area (Å²) in [6, 6.07) is 5.43. The number of esters is 1. The summed E-state index contributed by atoms with van der Waals surface area (Å²) in [5, 5.41) is 0. The molecule has 0 fully saturated rings. The van der Waals surface area contributed by atoms with Crippen molar-refractivity contribution < 1.29 is 19.1 Å². The van der Waals surface area contributed by atoms with E-state index in [0.29, 0.717) is 11.1 Å². The van der Waals surface area contributed by atoms with Crippen LogP contribution in [0.2, 0.25) is 0 Å². The first-order valence-corrected chi connectivity index (χ1v) is 5.41. The van der Waals surface area contributed by atoms with Gasteiger partial charge in [0.2, 0.25) is 0 Å². The van der Waals surface area contributed by atoms with E-state index in [-0.39, 0.29) is 17.5 Å². The Hall–Kier alpha value is -2.30. The maximum absolute atomic E-state index is 12.0. The molecule has 0 spiro atoms. The number of ether oxygens (including phenoxy) is 1. The minimum atomic E-state index is -1.12. The molecule has 1 aromatic carbocycles. The van der Waals surface area contributed by atoms with Gasteiger partial charge in [-0.1, -0.05) is 24.3 Å². The van der Waals surface area contributed by atoms with Gasteiger partial charge >= 0.3 is 5.97 Å². The summed E-state index contributed by atoms with van der Waals surface area (Å²) in [6.07, 6.45) is 0. The molecule has 92 valence electrons. The molecule has 1 aromatic rings. The molecule has 0 radical (unpaired) electrons. The summed E-state index contributed by atoms with van der Waals surface area (Å²) >= 11 is 0. The summed E-state index contributed by atoms with van der Waals surface area (Å²) in [7, 11) is 0. The van der Waals surface area contributed by atoms with Crippen molar-refractivity contribution in [2.24, 2.45) is 4.99 Å². The number of nitrogens with zero attached hydrogens (tertiary/aromatic N) is 1. The highest BCUT2D eigenvalue weighted by atomic mass is 16.5. The lowest BCUT2D eigenvalue weighted by atomic mass is 10.1. The van der Waals surface area contributed by atoms with E-state index >= 15 is 0 Å². The van der Waals surface area contributed by atoms with Crippen LogP contribution in [0.5, 0.6) is 0 Å². The minimum absolute atomic E-state index is 0.0157. The Morgan fingerprint density at radius 1 is 1.11 bits per heavy atom. The number of benzene rings is 1. The number of carbonyl (C=O) groups excluding carboxylic acids is 3. The van der Waals surface area contributed by atoms with Crippen molar-refractivity contribution in [1.29, 1.82) is 0 Å². The molecular weight excluding hydrogens is 234 g/mol. The first-order valence-electron chi connectivity index (χ1n) is 5.41. The van der Waals surface area contributed by atoms with Gasteiger partial charge in [-0.15, -0.1) is 0 Å². The van der Waals surface area contributed by atoms with Crippen LogP contribution >= 0.6 is 0 Å². The third-order valence-electron chi connectivity index (χ3n) is 2.56. The van der Waals surface area contributed by atoms with E-state index in [2.05, 4.69) is 4.99 Å². The third-order valence-corrected chi connectivity index (χ3v) is 2.56. The smallest absolute Gasteiger partial charge is 0.309 e. The van der Waals surface area contributed by atoms with E-state index < -0.39 is 12.0 Å². The van der Waals surface area contributed by atoms with Crippen LogP contribution < -0.4 is 0 Å². The quantitative estimate of drug-likeness (QED) is 0.324. The zero-order valence-corrected chi connectivity index (χ0v) is 9.97. The second-order valence-electron chi connectivity index (χ2n) is 3.92. The van der Waals surface area contributed by atoms with E-state index in [0.717, 1.165) is 0 Å². The largest absolute Gasteiger partial charge is 0.412 e. The molecule has 0 aromatic heterocycles. The summed E-state index contributed by atoms with van der Waals surface area (Å²) in [5.41, 5.74) is 0.735. The highest BCUT2D eigenvalue weighted by molar-refractivity contribution is 6.29. The lowest BCUT2D eigenvalue weighted by Gasteiger charge is -2.03.